The molecule has 0 aromatic carbocycles. The van der Waals surface area contributed by atoms with E-state index >= 15 is 0 Å². The molecule has 0 saturated heterocycles. The van der Waals surface area contributed by atoms with E-state index in [4.69, 9.17) is 0 Å². The molecule has 2 aliphatic carbocycles. The van der Waals surface area contributed by atoms with Gasteiger partial charge in [0.1, 0.15) is 0 Å². The fraction of sp³-hybridized carbons (Fsp3) is 0.917. The second kappa shape index (κ2) is 4.33. The third-order valence-electron chi connectivity index (χ3n) is 3.78. The van der Waals surface area contributed by atoms with Crippen LogP contribution in [0.25, 0.3) is 0 Å². The number of nitrogens with one attached hydrogen (secondary N) is 1. The van der Waals surface area contributed by atoms with E-state index in [2.05, 4.69) is 12.2 Å². The Morgan fingerprint density at radius 2 is 1.93 bits per heavy atom. The lowest BCUT2D eigenvalue weighted by atomic mass is 9.80. The van der Waals surface area contributed by atoms with Crippen LogP contribution in [-0.2, 0) is 4.79 Å². The average molecular weight is 195 g/mol. The van der Waals surface area contributed by atoms with Crippen LogP contribution in [0.15, 0.2) is 0 Å². The highest BCUT2D eigenvalue weighted by atomic mass is 16.2. The largest absolute Gasteiger partial charge is 0.356 e. The van der Waals surface area contributed by atoms with Crippen LogP contribution in [-0.4, -0.2) is 12.5 Å². The summed E-state index contributed by atoms with van der Waals surface area (Å²) in [6.45, 7) is 3.25. The summed E-state index contributed by atoms with van der Waals surface area (Å²) in [5.41, 5.74) is 0. The Hall–Kier alpha value is -0.530. The summed E-state index contributed by atoms with van der Waals surface area (Å²) in [6, 6.07) is 0. The third-order valence-corrected chi connectivity index (χ3v) is 3.78. The highest BCUT2D eigenvalue weighted by Crippen LogP contribution is 2.31. The van der Waals surface area contributed by atoms with E-state index in [1.54, 1.807) is 0 Å². The van der Waals surface area contributed by atoms with Crippen molar-refractivity contribution in [1.82, 2.24) is 5.32 Å². The van der Waals surface area contributed by atoms with Crippen LogP contribution in [0.4, 0.5) is 0 Å². The van der Waals surface area contributed by atoms with Gasteiger partial charge in [-0.25, -0.2) is 0 Å². The lowest BCUT2D eigenvalue weighted by Gasteiger charge is -2.28. The van der Waals surface area contributed by atoms with Gasteiger partial charge in [-0.15, -0.1) is 0 Å². The summed E-state index contributed by atoms with van der Waals surface area (Å²) in [4.78, 5) is 11.4. The fourth-order valence-corrected chi connectivity index (χ4v) is 2.42. The third kappa shape index (κ3) is 2.49. The normalized spacial score (nSPS) is 32.6. The minimum atomic E-state index is 0.308. The summed E-state index contributed by atoms with van der Waals surface area (Å²) in [6.07, 6.45) is 7.64. The first-order valence-corrected chi connectivity index (χ1v) is 6.05. The Morgan fingerprint density at radius 1 is 1.21 bits per heavy atom. The maximum absolute atomic E-state index is 11.4. The predicted octanol–water partition coefficient (Wildman–Crippen LogP) is 2.34. The number of hydrogen-bond acceptors (Lipinski definition) is 1. The van der Waals surface area contributed by atoms with Gasteiger partial charge in [-0.3, -0.25) is 4.79 Å². The summed E-state index contributed by atoms with van der Waals surface area (Å²) in [5, 5.41) is 3.11. The zero-order valence-corrected chi connectivity index (χ0v) is 9.09. The average Bonchev–Trinajstić information content (AvgIpc) is 2.99. The van der Waals surface area contributed by atoms with Crippen molar-refractivity contribution in [3.63, 3.8) is 0 Å². The van der Waals surface area contributed by atoms with Crippen molar-refractivity contribution in [3.05, 3.63) is 0 Å². The molecule has 80 valence electrons. The Morgan fingerprint density at radius 3 is 2.57 bits per heavy atom. The zero-order valence-electron chi connectivity index (χ0n) is 9.09. The molecule has 1 amide bonds. The molecule has 2 fully saturated rings. The molecule has 2 unspecified atom stereocenters. The molecule has 2 rings (SSSR count). The van der Waals surface area contributed by atoms with Gasteiger partial charge < -0.3 is 5.32 Å². The maximum atomic E-state index is 11.4. The molecular weight excluding hydrogens is 174 g/mol. The van der Waals surface area contributed by atoms with Crippen LogP contribution >= 0.6 is 0 Å². The molecular formula is C12H21NO. The Balaban J connectivity index is 1.70. The first-order valence-electron chi connectivity index (χ1n) is 6.05. The van der Waals surface area contributed by atoms with Crippen molar-refractivity contribution in [2.24, 2.45) is 17.8 Å². The summed E-state index contributed by atoms with van der Waals surface area (Å²) >= 11 is 0. The van der Waals surface area contributed by atoms with Crippen molar-refractivity contribution >= 4 is 5.91 Å². The Bertz CT molecular complexity index is 210. The van der Waals surface area contributed by atoms with Crippen molar-refractivity contribution in [2.75, 3.05) is 6.54 Å². The van der Waals surface area contributed by atoms with Crippen molar-refractivity contribution < 1.29 is 4.79 Å². The molecule has 0 heterocycles. The summed E-state index contributed by atoms with van der Waals surface area (Å²) in [7, 11) is 0. The predicted molar refractivity (Wildman–Crippen MR) is 56.9 cm³/mol. The van der Waals surface area contributed by atoms with Crippen LogP contribution in [0.2, 0.25) is 0 Å². The van der Waals surface area contributed by atoms with E-state index < -0.39 is 0 Å². The maximum Gasteiger partial charge on any atom is 0.223 e. The number of rotatable bonds is 3. The van der Waals surface area contributed by atoms with Crippen molar-refractivity contribution in [2.45, 2.75) is 45.4 Å². The van der Waals surface area contributed by atoms with Crippen LogP contribution in [0.5, 0.6) is 0 Å². The fourth-order valence-electron chi connectivity index (χ4n) is 2.42. The standard InChI is InChI=1S/C12H21NO/c1-9-4-2-3-5-11(9)8-13-12(14)10-6-7-10/h9-11H,2-8H2,1H3,(H,13,14). The Labute approximate surface area is 86.5 Å². The van der Waals surface area contributed by atoms with Gasteiger partial charge in [0.15, 0.2) is 0 Å². The highest BCUT2D eigenvalue weighted by molar-refractivity contribution is 5.80. The topological polar surface area (TPSA) is 29.1 Å². The van der Waals surface area contributed by atoms with E-state index in [1.807, 2.05) is 0 Å². The van der Waals surface area contributed by atoms with Gasteiger partial charge in [0.25, 0.3) is 0 Å². The van der Waals surface area contributed by atoms with Gasteiger partial charge >= 0.3 is 0 Å². The van der Waals surface area contributed by atoms with Gasteiger partial charge in [0, 0.05) is 12.5 Å². The van der Waals surface area contributed by atoms with Crippen LogP contribution in [0.1, 0.15) is 45.4 Å². The lowest BCUT2D eigenvalue weighted by Crippen LogP contribution is -2.34. The smallest absolute Gasteiger partial charge is 0.223 e. The van der Waals surface area contributed by atoms with E-state index in [0.717, 1.165) is 31.2 Å². The second-order valence-electron chi connectivity index (χ2n) is 5.04. The molecule has 0 aromatic heterocycles. The monoisotopic (exact) mass is 195 g/mol. The summed E-state index contributed by atoms with van der Waals surface area (Å²) < 4.78 is 0. The lowest BCUT2D eigenvalue weighted by molar-refractivity contribution is -0.122. The SMILES string of the molecule is CC1CCCCC1CNC(=O)C1CC1. The molecule has 14 heavy (non-hydrogen) atoms. The quantitative estimate of drug-likeness (QED) is 0.736. The molecule has 0 aliphatic heterocycles. The molecule has 0 aromatic rings. The first-order chi connectivity index (χ1) is 6.77. The first kappa shape index (κ1) is 10.0. The van der Waals surface area contributed by atoms with Crippen LogP contribution in [0, 0.1) is 17.8 Å². The van der Waals surface area contributed by atoms with Gasteiger partial charge in [0.2, 0.25) is 5.91 Å². The zero-order chi connectivity index (χ0) is 9.97. The molecule has 0 bridgehead atoms. The second-order valence-corrected chi connectivity index (χ2v) is 5.04. The Kier molecular flexibility index (Phi) is 3.09. The van der Waals surface area contributed by atoms with Crippen LogP contribution < -0.4 is 5.32 Å². The highest BCUT2D eigenvalue weighted by Gasteiger charge is 2.30. The number of hydrogen-bond donors (Lipinski definition) is 1. The minimum Gasteiger partial charge on any atom is -0.356 e. The van der Waals surface area contributed by atoms with E-state index in [9.17, 15) is 4.79 Å². The number of amides is 1. The van der Waals surface area contributed by atoms with E-state index in [0.29, 0.717) is 11.8 Å². The number of carbonyl (C=O) groups excluding carboxylic acids is 1. The number of carbonyl (C=O) groups is 1. The molecule has 2 aliphatic rings. The van der Waals surface area contributed by atoms with Crippen LogP contribution in [0.3, 0.4) is 0 Å². The molecule has 2 nitrogen and oxygen atoms in total. The molecule has 2 atom stereocenters. The summed E-state index contributed by atoms with van der Waals surface area (Å²) in [5.74, 6) is 2.23. The minimum absolute atomic E-state index is 0.308. The van der Waals surface area contributed by atoms with Gasteiger partial charge in [0.05, 0.1) is 0 Å². The van der Waals surface area contributed by atoms with E-state index in [1.165, 1.54) is 25.7 Å². The molecule has 1 N–H and O–H groups in total. The van der Waals surface area contributed by atoms with E-state index in [-0.39, 0.29) is 0 Å². The van der Waals surface area contributed by atoms with Crippen molar-refractivity contribution in [3.8, 4) is 0 Å². The molecule has 0 radical (unpaired) electrons. The molecule has 2 heteroatoms. The van der Waals surface area contributed by atoms with Gasteiger partial charge in [-0.2, -0.15) is 0 Å². The molecule has 0 spiro atoms. The van der Waals surface area contributed by atoms with Gasteiger partial charge in [-0.05, 0) is 31.1 Å². The molecule has 2 saturated carbocycles. The van der Waals surface area contributed by atoms with Gasteiger partial charge in [-0.1, -0.05) is 26.2 Å². The van der Waals surface area contributed by atoms with Crippen molar-refractivity contribution in [1.29, 1.82) is 0 Å².